The summed E-state index contributed by atoms with van der Waals surface area (Å²) >= 11 is 12.9. The van der Waals surface area contributed by atoms with Crippen LogP contribution in [0.15, 0.2) is 57.9 Å². The molecule has 158 valence electrons. The van der Waals surface area contributed by atoms with Crippen molar-refractivity contribution in [3.8, 4) is 22.6 Å². The number of rotatable bonds is 5. The summed E-state index contributed by atoms with van der Waals surface area (Å²) in [4.78, 5) is 17.3. The molecule has 0 atom stereocenters. The highest BCUT2D eigenvalue weighted by Crippen LogP contribution is 2.45. The molecule has 2 aromatic heterocycles. The molecule has 2 heterocycles. The Morgan fingerprint density at radius 1 is 1.00 bits per heavy atom. The quantitative estimate of drug-likeness (QED) is 0.383. The molecule has 0 spiro atoms. The number of hydrogen-bond donors (Lipinski definition) is 1. The van der Waals surface area contributed by atoms with Crippen LogP contribution in [0.3, 0.4) is 0 Å². The van der Waals surface area contributed by atoms with Gasteiger partial charge in [0.1, 0.15) is 22.9 Å². The topological polar surface area (TPSA) is 73.6 Å². The fourth-order valence-electron chi connectivity index (χ4n) is 3.25. The summed E-state index contributed by atoms with van der Waals surface area (Å²) < 4.78 is 16.1. The van der Waals surface area contributed by atoms with Gasteiger partial charge in [-0.2, -0.15) is 0 Å². The van der Waals surface area contributed by atoms with Gasteiger partial charge in [0.05, 0.1) is 29.8 Å². The zero-order chi connectivity index (χ0) is 22.1. The highest BCUT2D eigenvalue weighted by molar-refractivity contribution is 6.41. The molecule has 2 aromatic carbocycles. The summed E-state index contributed by atoms with van der Waals surface area (Å²) in [5.41, 5.74) is 2.23. The number of anilines is 2. The van der Waals surface area contributed by atoms with E-state index in [1.54, 1.807) is 24.4 Å². The highest BCUT2D eigenvalue weighted by Gasteiger charge is 2.22. The molecule has 31 heavy (non-hydrogen) atoms. The predicted molar refractivity (Wildman–Crippen MR) is 123 cm³/mol. The van der Waals surface area contributed by atoms with E-state index in [1.807, 2.05) is 31.2 Å². The predicted octanol–water partition coefficient (Wildman–Crippen LogP) is 6.23. The third-order valence-electron chi connectivity index (χ3n) is 4.75. The van der Waals surface area contributed by atoms with Crippen LogP contribution < -0.4 is 20.4 Å². The number of pyridine rings is 1. The van der Waals surface area contributed by atoms with Crippen molar-refractivity contribution in [2.24, 2.45) is 0 Å². The minimum atomic E-state index is -0.598. The number of methoxy groups -OCH3 is 2. The largest absolute Gasteiger partial charge is 0.495 e. The average Bonchev–Trinajstić information content (AvgIpc) is 2.74. The van der Waals surface area contributed by atoms with Crippen LogP contribution in [0.25, 0.3) is 22.1 Å². The lowest BCUT2D eigenvalue weighted by molar-refractivity contribution is 0.395. The Kier molecular flexibility index (Phi) is 5.76. The lowest BCUT2D eigenvalue weighted by atomic mass is 10.1. The molecule has 0 saturated carbocycles. The zero-order valence-electron chi connectivity index (χ0n) is 17.0. The highest BCUT2D eigenvalue weighted by atomic mass is 35.5. The maximum Gasteiger partial charge on any atom is 0.344 e. The zero-order valence-corrected chi connectivity index (χ0v) is 18.5. The molecule has 4 rings (SSSR count). The second-order valence-corrected chi connectivity index (χ2v) is 7.59. The van der Waals surface area contributed by atoms with Crippen molar-refractivity contribution in [1.82, 2.24) is 4.98 Å². The Morgan fingerprint density at radius 3 is 2.35 bits per heavy atom. The first kappa shape index (κ1) is 21.0. The van der Waals surface area contributed by atoms with Gasteiger partial charge >= 0.3 is 5.63 Å². The Morgan fingerprint density at radius 2 is 1.71 bits per heavy atom. The molecule has 0 aliphatic heterocycles. The fraction of sp³-hybridized carbons (Fsp3) is 0.130. The summed E-state index contributed by atoms with van der Waals surface area (Å²) in [6.45, 7) is 2.00. The molecular formula is C23H18Cl2N2O4. The van der Waals surface area contributed by atoms with E-state index >= 15 is 0 Å². The van der Waals surface area contributed by atoms with E-state index in [9.17, 15) is 4.79 Å². The van der Waals surface area contributed by atoms with E-state index in [4.69, 9.17) is 37.1 Å². The van der Waals surface area contributed by atoms with E-state index < -0.39 is 5.63 Å². The van der Waals surface area contributed by atoms with Gasteiger partial charge in [-0.15, -0.1) is 0 Å². The van der Waals surface area contributed by atoms with Crippen LogP contribution in [0.1, 0.15) is 5.56 Å². The third kappa shape index (κ3) is 4.04. The molecular weight excluding hydrogens is 439 g/mol. The smallest absolute Gasteiger partial charge is 0.344 e. The monoisotopic (exact) mass is 456 g/mol. The number of hydrogen-bond acceptors (Lipinski definition) is 6. The molecule has 0 amide bonds. The number of nitrogens with zero attached hydrogens (tertiary/aromatic N) is 1. The molecule has 4 aromatic rings. The maximum absolute atomic E-state index is 12.8. The summed E-state index contributed by atoms with van der Waals surface area (Å²) in [6, 6.07) is 12.7. The van der Waals surface area contributed by atoms with Crippen molar-refractivity contribution in [1.29, 1.82) is 0 Å². The summed E-state index contributed by atoms with van der Waals surface area (Å²) in [7, 11) is 2.93. The fourth-order valence-corrected chi connectivity index (χ4v) is 3.95. The van der Waals surface area contributed by atoms with Crippen molar-refractivity contribution < 1.29 is 13.9 Å². The minimum Gasteiger partial charge on any atom is -0.495 e. The molecule has 0 bridgehead atoms. The second kappa shape index (κ2) is 8.49. The molecule has 0 saturated heterocycles. The number of aryl methyl sites for hydroxylation is 1. The van der Waals surface area contributed by atoms with Crippen LogP contribution in [0, 0.1) is 6.92 Å². The molecule has 0 aliphatic carbocycles. The molecule has 0 fully saturated rings. The lowest BCUT2D eigenvalue weighted by Gasteiger charge is -2.14. The first-order valence-corrected chi connectivity index (χ1v) is 10.0. The standard InChI is InChI=1S/C23H18Cl2N2O4/c1-12-5-4-6-14(7-12)27-19-10-16-13(11-26-19)8-15(23(28)31-16)20-21(24)17(29-2)9-18(30-3)22(20)25/h4-11H,1-3H3,(H,26,27). The van der Waals surface area contributed by atoms with Crippen LogP contribution in [-0.4, -0.2) is 19.2 Å². The molecule has 0 radical (unpaired) electrons. The maximum atomic E-state index is 12.8. The molecule has 8 heteroatoms. The molecule has 0 unspecified atom stereocenters. The summed E-state index contributed by atoms with van der Waals surface area (Å²) in [6.07, 6.45) is 1.61. The van der Waals surface area contributed by atoms with Gasteiger partial charge in [-0.1, -0.05) is 35.3 Å². The van der Waals surface area contributed by atoms with Crippen molar-refractivity contribution in [3.05, 3.63) is 74.7 Å². The van der Waals surface area contributed by atoms with E-state index in [-0.39, 0.29) is 21.2 Å². The van der Waals surface area contributed by atoms with Crippen LogP contribution in [0.4, 0.5) is 11.5 Å². The van der Waals surface area contributed by atoms with Gasteiger partial charge in [-0.3, -0.25) is 0 Å². The van der Waals surface area contributed by atoms with Crippen LogP contribution in [0.2, 0.25) is 10.0 Å². The molecule has 6 nitrogen and oxygen atoms in total. The first-order chi connectivity index (χ1) is 14.9. The number of halogens is 2. The van der Waals surface area contributed by atoms with Crippen LogP contribution >= 0.6 is 23.2 Å². The first-order valence-electron chi connectivity index (χ1n) is 9.29. The van der Waals surface area contributed by atoms with Gasteiger partial charge in [0.15, 0.2) is 0 Å². The van der Waals surface area contributed by atoms with Crippen LogP contribution in [-0.2, 0) is 0 Å². The molecule has 1 N–H and O–H groups in total. The number of aromatic nitrogens is 1. The van der Waals surface area contributed by atoms with Crippen molar-refractivity contribution in [2.45, 2.75) is 6.92 Å². The van der Waals surface area contributed by atoms with Gasteiger partial charge in [0.25, 0.3) is 0 Å². The number of ether oxygens (including phenoxy) is 2. The normalized spacial score (nSPS) is 10.9. The number of benzene rings is 2. The van der Waals surface area contributed by atoms with E-state index in [2.05, 4.69) is 10.3 Å². The Bertz CT molecular complexity index is 1320. The van der Waals surface area contributed by atoms with Gasteiger partial charge in [-0.05, 0) is 30.7 Å². The second-order valence-electron chi connectivity index (χ2n) is 6.83. The SMILES string of the molecule is COc1cc(OC)c(Cl)c(-c2cc3cnc(Nc4cccc(C)c4)cc3oc2=O)c1Cl. The number of nitrogens with one attached hydrogen (secondary N) is 1. The summed E-state index contributed by atoms with van der Waals surface area (Å²) in [5, 5.41) is 4.18. The summed E-state index contributed by atoms with van der Waals surface area (Å²) in [5.74, 6) is 1.20. The minimum absolute atomic E-state index is 0.181. The molecule has 0 aliphatic rings. The van der Waals surface area contributed by atoms with Gasteiger partial charge < -0.3 is 19.2 Å². The van der Waals surface area contributed by atoms with Gasteiger partial charge in [0, 0.05) is 35.0 Å². The van der Waals surface area contributed by atoms with Crippen molar-refractivity contribution in [3.63, 3.8) is 0 Å². The Hall–Kier alpha value is -3.22. The van der Waals surface area contributed by atoms with Gasteiger partial charge in [0.2, 0.25) is 0 Å². The van der Waals surface area contributed by atoms with Gasteiger partial charge in [-0.25, -0.2) is 9.78 Å². The van der Waals surface area contributed by atoms with E-state index in [0.717, 1.165) is 11.3 Å². The number of fused-ring (bicyclic) bond motifs is 1. The van der Waals surface area contributed by atoms with Crippen LogP contribution in [0.5, 0.6) is 11.5 Å². The average molecular weight is 457 g/mol. The van der Waals surface area contributed by atoms with Crippen molar-refractivity contribution >= 4 is 45.7 Å². The third-order valence-corrected chi connectivity index (χ3v) is 5.50. The lowest BCUT2D eigenvalue weighted by Crippen LogP contribution is -2.05. The Balaban J connectivity index is 1.82. The Labute approximate surface area is 188 Å². The van der Waals surface area contributed by atoms with E-state index in [1.165, 1.54) is 14.2 Å². The van der Waals surface area contributed by atoms with E-state index in [0.29, 0.717) is 28.3 Å². The van der Waals surface area contributed by atoms with Crippen molar-refractivity contribution in [2.75, 3.05) is 19.5 Å².